The van der Waals surface area contributed by atoms with Gasteiger partial charge in [-0.3, -0.25) is 4.79 Å². The van der Waals surface area contributed by atoms with Gasteiger partial charge < -0.3 is 9.64 Å². The van der Waals surface area contributed by atoms with E-state index in [4.69, 9.17) is 4.74 Å². The second-order valence-corrected chi connectivity index (χ2v) is 12.0. The van der Waals surface area contributed by atoms with Crippen LogP contribution < -0.4 is 0 Å². The van der Waals surface area contributed by atoms with Crippen molar-refractivity contribution in [3.63, 3.8) is 0 Å². The van der Waals surface area contributed by atoms with Gasteiger partial charge in [-0.1, -0.05) is 103 Å². The summed E-state index contributed by atoms with van der Waals surface area (Å²) in [5.74, 6) is 1.54. The minimum Gasteiger partial charge on any atom is -0.359 e. The zero-order valence-corrected chi connectivity index (χ0v) is 21.5. The van der Waals surface area contributed by atoms with Crippen LogP contribution in [0.25, 0.3) is 6.08 Å². The Morgan fingerprint density at radius 1 is 1.03 bits per heavy atom. The summed E-state index contributed by atoms with van der Waals surface area (Å²) >= 11 is 3.94. The van der Waals surface area contributed by atoms with Crippen LogP contribution in [0, 0.1) is 17.3 Å². The summed E-state index contributed by atoms with van der Waals surface area (Å²) in [6.45, 7) is 9.05. The second-order valence-electron chi connectivity index (χ2n) is 10.9. The topological polar surface area (TPSA) is 29.5 Å². The number of halogens is 1. The van der Waals surface area contributed by atoms with E-state index in [2.05, 4.69) is 80.0 Å². The lowest BCUT2D eigenvalue weighted by Gasteiger charge is -2.52. The van der Waals surface area contributed by atoms with Gasteiger partial charge >= 0.3 is 0 Å². The molecule has 3 nitrogen and oxygen atoms in total. The van der Waals surface area contributed by atoms with Gasteiger partial charge in [0.2, 0.25) is 0 Å². The highest BCUT2D eigenvalue weighted by atomic mass is 79.9. The maximum Gasteiger partial charge on any atom is 0.255 e. The lowest BCUT2D eigenvalue weighted by atomic mass is 9.84. The number of likely N-dealkylation sites (tertiary alicyclic amines) is 1. The fourth-order valence-electron chi connectivity index (χ4n) is 6.11. The quantitative estimate of drug-likeness (QED) is 0.323. The van der Waals surface area contributed by atoms with Crippen molar-refractivity contribution in [3.05, 3.63) is 77.9 Å². The molecular weight excluding hydrogens is 474 g/mol. The monoisotopic (exact) mass is 507 g/mol. The first-order chi connectivity index (χ1) is 15.7. The largest absolute Gasteiger partial charge is 0.359 e. The Morgan fingerprint density at radius 2 is 1.67 bits per heavy atom. The number of ether oxygens (including phenoxy) is 1. The van der Waals surface area contributed by atoms with Crippen LogP contribution in [0.2, 0.25) is 0 Å². The summed E-state index contributed by atoms with van der Waals surface area (Å²) in [5.41, 5.74) is 2.33. The van der Waals surface area contributed by atoms with Gasteiger partial charge in [-0.15, -0.1) is 0 Å². The summed E-state index contributed by atoms with van der Waals surface area (Å²) in [6, 6.07) is 20.4. The maximum atomic E-state index is 13.5. The maximum absolute atomic E-state index is 13.5. The Morgan fingerprint density at radius 3 is 2.33 bits per heavy atom. The molecule has 2 aliphatic carbocycles. The first-order valence-electron chi connectivity index (χ1n) is 12.1. The molecule has 0 N–H and O–H groups in total. The first-order valence-corrected chi connectivity index (χ1v) is 13.1. The molecule has 3 fully saturated rings. The summed E-state index contributed by atoms with van der Waals surface area (Å²) < 4.78 is 6.76. The van der Waals surface area contributed by atoms with Gasteiger partial charge in [0.25, 0.3) is 5.91 Å². The molecule has 1 aliphatic heterocycles. The Bertz CT molecular complexity index is 1040. The van der Waals surface area contributed by atoms with Gasteiger partial charge in [0.1, 0.15) is 0 Å². The molecule has 0 bridgehead atoms. The number of hydrogen-bond acceptors (Lipinski definition) is 2. The van der Waals surface area contributed by atoms with E-state index in [1.807, 2.05) is 41.3 Å². The van der Waals surface area contributed by atoms with Gasteiger partial charge in [0.15, 0.2) is 6.10 Å². The van der Waals surface area contributed by atoms with Crippen LogP contribution in [0.1, 0.15) is 57.7 Å². The molecular formula is C29H34BrNO2. The van der Waals surface area contributed by atoms with E-state index < -0.39 is 6.10 Å². The van der Waals surface area contributed by atoms with Crippen molar-refractivity contribution >= 4 is 27.9 Å². The van der Waals surface area contributed by atoms with Crippen molar-refractivity contribution in [3.8, 4) is 0 Å². The van der Waals surface area contributed by atoms with Crippen LogP contribution in [0.3, 0.4) is 0 Å². The zero-order valence-electron chi connectivity index (χ0n) is 19.9. The average Bonchev–Trinajstić information content (AvgIpc) is 3.33. The Labute approximate surface area is 206 Å². The van der Waals surface area contributed by atoms with E-state index in [0.717, 1.165) is 29.9 Å². The third-order valence-corrected chi connectivity index (χ3v) is 9.89. The molecule has 1 heterocycles. The van der Waals surface area contributed by atoms with Gasteiger partial charge in [0, 0.05) is 4.83 Å². The number of alkyl halides is 1. The molecule has 4 heteroatoms. The van der Waals surface area contributed by atoms with Gasteiger partial charge in [-0.25, -0.2) is 0 Å². The molecule has 7 atom stereocenters. The third kappa shape index (κ3) is 4.00. The molecule has 1 saturated heterocycles. The van der Waals surface area contributed by atoms with Crippen molar-refractivity contribution in [2.75, 3.05) is 0 Å². The number of hydrogen-bond donors (Lipinski definition) is 0. The van der Waals surface area contributed by atoms with Crippen LogP contribution >= 0.6 is 15.9 Å². The molecule has 1 amide bonds. The average molecular weight is 509 g/mol. The Balaban J connectivity index is 1.39. The Kier molecular flexibility index (Phi) is 5.81. The van der Waals surface area contributed by atoms with Crippen molar-refractivity contribution in [2.45, 2.75) is 69.2 Å². The molecule has 3 aliphatic rings. The van der Waals surface area contributed by atoms with E-state index in [-0.39, 0.29) is 28.4 Å². The highest BCUT2D eigenvalue weighted by molar-refractivity contribution is 9.09. The second kappa shape index (κ2) is 8.39. The molecule has 0 radical (unpaired) electrons. The first kappa shape index (κ1) is 22.9. The molecule has 0 unspecified atom stereocenters. The number of benzene rings is 2. The molecule has 0 spiro atoms. The SMILES string of the molecule is C[C@H](c1ccccc1)N1C(=O)[C@H](O[C@]2(C)C[C@H]3[C@@H](C[C@H]2Br)C3(C)C)[C@@H]1/C=C/c1ccccc1. The van der Waals surface area contributed by atoms with Crippen LogP contribution in [0.4, 0.5) is 0 Å². The summed E-state index contributed by atoms with van der Waals surface area (Å²) in [7, 11) is 0. The van der Waals surface area contributed by atoms with Crippen LogP contribution in [0.15, 0.2) is 66.7 Å². The molecule has 0 aromatic heterocycles. The number of amides is 1. The zero-order chi connectivity index (χ0) is 23.4. The number of nitrogens with zero attached hydrogens (tertiary/aromatic N) is 1. The minimum absolute atomic E-state index is 0.00496. The normalized spacial score (nSPS) is 35.7. The summed E-state index contributed by atoms with van der Waals surface area (Å²) in [4.78, 5) is 15.7. The third-order valence-electron chi connectivity index (χ3n) is 8.55. The fourth-order valence-corrected chi connectivity index (χ4v) is 6.81. The van der Waals surface area contributed by atoms with Crippen LogP contribution in [-0.2, 0) is 9.53 Å². The van der Waals surface area contributed by atoms with Crippen molar-refractivity contribution in [2.24, 2.45) is 17.3 Å². The van der Waals surface area contributed by atoms with Crippen molar-refractivity contribution < 1.29 is 9.53 Å². The number of carbonyl (C=O) groups excluding carboxylic acids is 1. The van der Waals surface area contributed by atoms with Crippen LogP contribution in [0.5, 0.6) is 0 Å². The number of rotatable bonds is 6. The molecule has 33 heavy (non-hydrogen) atoms. The van der Waals surface area contributed by atoms with E-state index in [0.29, 0.717) is 11.3 Å². The van der Waals surface area contributed by atoms with Crippen LogP contribution in [-0.4, -0.2) is 33.4 Å². The van der Waals surface area contributed by atoms with E-state index in [9.17, 15) is 4.79 Å². The van der Waals surface area contributed by atoms with Crippen molar-refractivity contribution in [1.29, 1.82) is 0 Å². The molecule has 174 valence electrons. The van der Waals surface area contributed by atoms with E-state index in [1.165, 1.54) is 0 Å². The Hall–Kier alpha value is -1.91. The highest BCUT2D eigenvalue weighted by Gasteiger charge is 2.65. The molecule has 5 rings (SSSR count). The number of carbonyl (C=O) groups is 1. The number of β-lactam (4-membered cyclic amide) rings is 1. The van der Waals surface area contributed by atoms with Gasteiger partial charge in [0.05, 0.1) is 17.7 Å². The smallest absolute Gasteiger partial charge is 0.255 e. The van der Waals surface area contributed by atoms with E-state index >= 15 is 0 Å². The molecule has 2 aromatic carbocycles. The predicted octanol–water partition coefficient (Wildman–Crippen LogP) is 6.65. The predicted molar refractivity (Wildman–Crippen MR) is 137 cm³/mol. The lowest BCUT2D eigenvalue weighted by molar-refractivity contribution is -0.196. The minimum atomic E-state index is -0.445. The lowest BCUT2D eigenvalue weighted by Crippen LogP contribution is -2.67. The van der Waals surface area contributed by atoms with Gasteiger partial charge in [-0.2, -0.15) is 0 Å². The van der Waals surface area contributed by atoms with Gasteiger partial charge in [-0.05, 0) is 55.1 Å². The van der Waals surface area contributed by atoms with E-state index in [1.54, 1.807) is 0 Å². The summed E-state index contributed by atoms with van der Waals surface area (Å²) in [6.07, 6.45) is 5.95. The standard InChI is InChI=1S/C29H34BrNO2/c1-19(21-13-9-6-10-14-21)31-24(16-15-20-11-7-5-8-12-20)26(27(31)32)33-29(4)18-23-22(17-25(29)30)28(23,2)3/h5-16,19,22-26H,17-18H2,1-4H3/b16-15+/t19-,22-,23+,24+,25-,26-,29-/m1/s1. The highest BCUT2D eigenvalue weighted by Crippen LogP contribution is 2.68. The summed E-state index contributed by atoms with van der Waals surface area (Å²) in [5, 5.41) is 0. The molecule has 2 saturated carbocycles. The number of fused-ring (bicyclic) bond motifs is 1. The molecule has 2 aromatic rings. The van der Waals surface area contributed by atoms with Crippen molar-refractivity contribution in [1.82, 2.24) is 4.90 Å². The fraction of sp³-hybridized carbons (Fsp3) is 0.483.